The Morgan fingerprint density at radius 2 is 1.29 bits per heavy atom. The van der Waals surface area contributed by atoms with Crippen LogP contribution in [0.15, 0.2) is 127 Å². The van der Waals surface area contributed by atoms with E-state index in [4.69, 9.17) is 4.74 Å². The third-order valence-corrected chi connectivity index (χ3v) is 6.33. The predicted molar refractivity (Wildman–Crippen MR) is 136 cm³/mol. The van der Waals surface area contributed by atoms with E-state index < -0.39 is 17.4 Å². The third kappa shape index (κ3) is 4.64. The van der Waals surface area contributed by atoms with Gasteiger partial charge in [-0.25, -0.2) is 4.79 Å². The molecule has 2 atom stereocenters. The Labute approximate surface area is 204 Å². The van der Waals surface area contributed by atoms with E-state index in [9.17, 15) is 9.59 Å². The molecule has 0 saturated carbocycles. The van der Waals surface area contributed by atoms with Gasteiger partial charge in [0.1, 0.15) is 5.76 Å². The summed E-state index contributed by atoms with van der Waals surface area (Å²) in [5.41, 5.74) is 1.80. The fraction of sp³-hybridized carbons (Fsp3) is 0.0968. The largest absolute Gasteiger partial charge is 0.424 e. The van der Waals surface area contributed by atoms with Gasteiger partial charge in [0.2, 0.25) is 0 Å². The molecular weight excluding hydrogens is 434 g/mol. The molecule has 0 saturated heterocycles. The van der Waals surface area contributed by atoms with Crippen LogP contribution in [0.25, 0.3) is 5.76 Å². The summed E-state index contributed by atoms with van der Waals surface area (Å²) in [5.74, 6) is -0.771. The topological polar surface area (TPSA) is 55.4 Å². The number of carbonyl (C=O) groups excluding carboxylic acids is 2. The SMILES string of the molecule is O=C(N[C@]1(Cc2ccccc2)C(=O)OC(c2ccccc2)=C[C@@H]1c1ccccc1)c1ccccc1. The number of amides is 1. The van der Waals surface area contributed by atoms with E-state index in [1.807, 2.05) is 103 Å². The zero-order chi connectivity index (χ0) is 24.1. The van der Waals surface area contributed by atoms with Gasteiger partial charge in [-0.1, -0.05) is 109 Å². The minimum atomic E-state index is -1.34. The van der Waals surface area contributed by atoms with Crippen LogP contribution in [-0.2, 0) is 16.0 Å². The lowest BCUT2D eigenvalue weighted by Gasteiger charge is -2.41. The van der Waals surface area contributed by atoms with E-state index >= 15 is 0 Å². The van der Waals surface area contributed by atoms with E-state index in [0.29, 0.717) is 11.3 Å². The summed E-state index contributed by atoms with van der Waals surface area (Å²) in [6.45, 7) is 0. The van der Waals surface area contributed by atoms with Crippen LogP contribution >= 0.6 is 0 Å². The lowest BCUT2D eigenvalue weighted by molar-refractivity contribution is -0.145. The van der Waals surface area contributed by atoms with Gasteiger partial charge in [-0.15, -0.1) is 0 Å². The molecule has 1 N–H and O–H groups in total. The van der Waals surface area contributed by atoms with Crippen molar-refractivity contribution in [3.8, 4) is 0 Å². The molecule has 1 aliphatic heterocycles. The maximum atomic E-state index is 14.0. The highest BCUT2D eigenvalue weighted by atomic mass is 16.5. The van der Waals surface area contributed by atoms with Crippen molar-refractivity contribution in [1.29, 1.82) is 0 Å². The van der Waals surface area contributed by atoms with Crippen LogP contribution in [0.4, 0.5) is 0 Å². The Morgan fingerprint density at radius 3 is 1.91 bits per heavy atom. The smallest absolute Gasteiger partial charge is 0.338 e. The van der Waals surface area contributed by atoms with Crippen molar-refractivity contribution in [2.45, 2.75) is 17.9 Å². The summed E-state index contributed by atoms with van der Waals surface area (Å²) in [4.78, 5) is 27.4. The number of esters is 1. The molecule has 35 heavy (non-hydrogen) atoms. The molecule has 0 aliphatic carbocycles. The van der Waals surface area contributed by atoms with Gasteiger partial charge in [0.05, 0.1) is 0 Å². The zero-order valence-electron chi connectivity index (χ0n) is 19.1. The Kier molecular flexibility index (Phi) is 6.27. The molecule has 172 valence electrons. The number of hydrogen-bond acceptors (Lipinski definition) is 3. The fourth-order valence-electron chi connectivity index (χ4n) is 4.58. The first-order valence-electron chi connectivity index (χ1n) is 11.6. The molecule has 0 spiro atoms. The second-order valence-electron chi connectivity index (χ2n) is 8.63. The molecular formula is C31H25NO3. The standard InChI is InChI=1S/C31H25NO3/c33-29(26-19-11-4-12-20-26)32-31(22-23-13-5-1-6-14-23)27(24-15-7-2-8-16-24)21-28(35-30(31)34)25-17-9-3-10-18-25/h1-21,27H,22H2,(H,32,33)/t27-,31+/m1/s1. The number of ether oxygens (including phenoxy) is 1. The molecule has 0 radical (unpaired) electrons. The van der Waals surface area contributed by atoms with Crippen LogP contribution in [0, 0.1) is 0 Å². The number of carbonyl (C=O) groups is 2. The zero-order valence-corrected chi connectivity index (χ0v) is 19.1. The minimum Gasteiger partial charge on any atom is -0.424 e. The van der Waals surface area contributed by atoms with E-state index in [0.717, 1.165) is 16.7 Å². The molecule has 4 aromatic carbocycles. The maximum Gasteiger partial charge on any atom is 0.338 e. The van der Waals surface area contributed by atoms with Crippen LogP contribution in [0.2, 0.25) is 0 Å². The van der Waals surface area contributed by atoms with Crippen molar-refractivity contribution in [3.63, 3.8) is 0 Å². The average Bonchev–Trinajstić information content (AvgIpc) is 2.92. The van der Waals surface area contributed by atoms with Gasteiger partial charge < -0.3 is 10.1 Å². The van der Waals surface area contributed by atoms with Gasteiger partial charge in [-0.3, -0.25) is 4.79 Å². The number of cyclic esters (lactones) is 1. The summed E-state index contributed by atoms with van der Waals surface area (Å²) >= 11 is 0. The Balaban J connectivity index is 1.67. The molecule has 0 aromatic heterocycles. The molecule has 0 bridgehead atoms. The summed E-state index contributed by atoms with van der Waals surface area (Å²) in [6, 6.07) is 38.0. The number of hydrogen-bond donors (Lipinski definition) is 1. The fourth-order valence-corrected chi connectivity index (χ4v) is 4.58. The van der Waals surface area contributed by atoms with Crippen LogP contribution in [0.3, 0.4) is 0 Å². The van der Waals surface area contributed by atoms with Crippen LogP contribution in [-0.4, -0.2) is 17.4 Å². The third-order valence-electron chi connectivity index (χ3n) is 6.33. The lowest BCUT2D eigenvalue weighted by Crippen LogP contribution is -2.61. The van der Waals surface area contributed by atoms with Gasteiger partial charge in [-0.2, -0.15) is 0 Å². The summed E-state index contributed by atoms with van der Waals surface area (Å²) < 4.78 is 5.96. The van der Waals surface area contributed by atoms with Crippen molar-refractivity contribution in [2.75, 3.05) is 0 Å². The number of rotatable bonds is 6. The van der Waals surface area contributed by atoms with Crippen LogP contribution < -0.4 is 5.32 Å². The first kappa shape index (κ1) is 22.4. The number of benzene rings is 4. The molecule has 1 heterocycles. The minimum absolute atomic E-state index is 0.281. The van der Waals surface area contributed by atoms with Crippen molar-refractivity contribution in [3.05, 3.63) is 150 Å². The Hall–Kier alpha value is -4.44. The average molecular weight is 460 g/mol. The Morgan fingerprint density at radius 1 is 0.743 bits per heavy atom. The van der Waals surface area contributed by atoms with Gasteiger partial charge >= 0.3 is 5.97 Å². The van der Waals surface area contributed by atoms with E-state index in [1.165, 1.54) is 0 Å². The molecule has 1 aliphatic rings. The summed E-state index contributed by atoms with van der Waals surface area (Å²) in [6.07, 6.45) is 2.24. The molecule has 4 aromatic rings. The highest BCUT2D eigenvalue weighted by molar-refractivity contribution is 6.00. The van der Waals surface area contributed by atoms with Crippen molar-refractivity contribution in [2.24, 2.45) is 0 Å². The maximum absolute atomic E-state index is 14.0. The van der Waals surface area contributed by atoms with E-state index in [2.05, 4.69) is 5.32 Å². The Bertz CT molecular complexity index is 1340. The molecule has 0 unspecified atom stereocenters. The highest BCUT2D eigenvalue weighted by Gasteiger charge is 2.51. The van der Waals surface area contributed by atoms with Gasteiger partial charge in [-0.05, 0) is 29.3 Å². The second kappa shape index (κ2) is 9.82. The lowest BCUT2D eigenvalue weighted by atomic mass is 9.73. The normalized spacial score (nSPS) is 19.4. The van der Waals surface area contributed by atoms with Crippen LogP contribution in [0.5, 0.6) is 0 Å². The van der Waals surface area contributed by atoms with Crippen molar-refractivity contribution >= 4 is 17.6 Å². The second-order valence-corrected chi connectivity index (χ2v) is 8.63. The predicted octanol–water partition coefficient (Wildman–Crippen LogP) is 5.78. The summed E-state index contributed by atoms with van der Waals surface area (Å²) in [7, 11) is 0. The molecule has 4 nitrogen and oxygen atoms in total. The number of nitrogens with one attached hydrogen (secondary N) is 1. The summed E-state index contributed by atoms with van der Waals surface area (Å²) in [5, 5.41) is 3.11. The van der Waals surface area contributed by atoms with E-state index in [-0.39, 0.29) is 12.3 Å². The molecule has 0 fully saturated rings. The van der Waals surface area contributed by atoms with Crippen molar-refractivity contribution in [1.82, 2.24) is 5.32 Å². The van der Waals surface area contributed by atoms with E-state index in [1.54, 1.807) is 24.3 Å². The molecule has 4 heteroatoms. The van der Waals surface area contributed by atoms with Crippen LogP contribution in [0.1, 0.15) is 33.0 Å². The first-order valence-corrected chi connectivity index (χ1v) is 11.6. The van der Waals surface area contributed by atoms with Gasteiger partial charge in [0, 0.05) is 23.5 Å². The molecule has 5 rings (SSSR count). The first-order chi connectivity index (χ1) is 17.2. The monoisotopic (exact) mass is 459 g/mol. The quantitative estimate of drug-likeness (QED) is 0.372. The van der Waals surface area contributed by atoms with Gasteiger partial charge in [0.25, 0.3) is 5.91 Å². The van der Waals surface area contributed by atoms with Gasteiger partial charge in [0.15, 0.2) is 5.54 Å². The molecule has 1 amide bonds. The highest BCUT2D eigenvalue weighted by Crippen LogP contribution is 2.41. The van der Waals surface area contributed by atoms with Crippen molar-refractivity contribution < 1.29 is 14.3 Å².